The van der Waals surface area contributed by atoms with Crippen LogP contribution in [0.15, 0.2) is 18.2 Å². The molecule has 1 N–H and O–H groups in total. The van der Waals surface area contributed by atoms with Gasteiger partial charge in [-0.25, -0.2) is 8.78 Å². The minimum Gasteiger partial charge on any atom is -0.348 e. The Morgan fingerprint density at radius 1 is 1.15 bits per heavy atom. The first-order valence-electron chi connectivity index (χ1n) is 9.51. The van der Waals surface area contributed by atoms with Crippen LogP contribution in [0, 0.1) is 23.5 Å². The molecule has 5 nitrogen and oxygen atoms in total. The van der Waals surface area contributed by atoms with E-state index in [2.05, 4.69) is 24.1 Å². The molecular weight excluding hydrogens is 352 g/mol. The van der Waals surface area contributed by atoms with Crippen molar-refractivity contribution in [2.24, 2.45) is 11.8 Å². The lowest BCUT2D eigenvalue weighted by atomic mass is 9.92. The largest absolute Gasteiger partial charge is 0.348 e. The summed E-state index contributed by atoms with van der Waals surface area (Å²) in [5.41, 5.74) is 0.127. The first-order valence-corrected chi connectivity index (χ1v) is 9.51. The van der Waals surface area contributed by atoms with E-state index in [-0.39, 0.29) is 5.69 Å². The molecule has 1 fully saturated rings. The summed E-state index contributed by atoms with van der Waals surface area (Å²) in [4.78, 5) is 27.6. The third-order valence-corrected chi connectivity index (χ3v) is 4.92. The number of amides is 2. The molecule has 0 bridgehead atoms. The monoisotopic (exact) mass is 381 g/mol. The highest BCUT2D eigenvalue weighted by Crippen LogP contribution is 2.21. The Kier molecular flexibility index (Phi) is 7.71. The first-order chi connectivity index (χ1) is 12.8. The van der Waals surface area contributed by atoms with Gasteiger partial charge in [-0.15, -0.1) is 0 Å². The zero-order valence-corrected chi connectivity index (χ0v) is 16.3. The minimum atomic E-state index is -1.06. The number of rotatable bonds is 6. The molecule has 1 saturated heterocycles. The average molecular weight is 381 g/mol. The van der Waals surface area contributed by atoms with Crippen LogP contribution in [0.5, 0.6) is 0 Å². The number of carbonyl (C=O) groups excluding carboxylic acids is 2. The lowest BCUT2D eigenvalue weighted by Crippen LogP contribution is -2.42. The van der Waals surface area contributed by atoms with Crippen LogP contribution in [-0.2, 0) is 9.59 Å². The first kappa shape index (κ1) is 21.3. The van der Waals surface area contributed by atoms with Crippen LogP contribution in [0.2, 0.25) is 0 Å². The number of likely N-dealkylation sites (N-methyl/N-ethyl adjacent to an activating group) is 1. The van der Waals surface area contributed by atoms with Crippen molar-refractivity contribution in [2.75, 3.05) is 38.1 Å². The number of unbranched alkanes of at least 4 members (excludes halogenated alkanes) is 1. The molecule has 1 aliphatic heterocycles. The molecule has 0 aliphatic carbocycles. The van der Waals surface area contributed by atoms with Crippen LogP contribution in [0.1, 0.15) is 33.1 Å². The minimum absolute atomic E-state index is 0.127. The second-order valence-electron chi connectivity index (χ2n) is 7.63. The molecule has 2 rings (SSSR count). The number of nitrogens with one attached hydrogen (secondary N) is 1. The topological polar surface area (TPSA) is 52.7 Å². The summed E-state index contributed by atoms with van der Waals surface area (Å²) in [6.45, 7) is 8.20. The van der Waals surface area contributed by atoms with E-state index in [9.17, 15) is 18.4 Å². The maximum absolute atomic E-state index is 13.3. The van der Waals surface area contributed by atoms with Crippen molar-refractivity contribution in [1.82, 2.24) is 10.2 Å². The standard InChI is InChI=1S/C20H29F2N3O2/c1-14-10-15(2)13-25(12-14)9-5-4-8-23-19(26)20(27)24(3)16-6-7-17(21)18(22)11-16/h6-7,11,14-15H,4-5,8-10,12-13H2,1-3H3,(H,23,26)/t14-,15+. The SMILES string of the molecule is C[C@@H]1C[C@H](C)CN(CCCCNC(=O)C(=O)N(C)c2ccc(F)c(F)c2)C1. The van der Waals surface area contributed by atoms with Crippen molar-refractivity contribution in [3.05, 3.63) is 29.8 Å². The fourth-order valence-corrected chi connectivity index (χ4v) is 3.68. The summed E-state index contributed by atoms with van der Waals surface area (Å²) in [6, 6.07) is 3.07. The Bertz CT molecular complexity index is 659. The van der Waals surface area contributed by atoms with Crippen molar-refractivity contribution < 1.29 is 18.4 Å². The maximum Gasteiger partial charge on any atom is 0.316 e. The Morgan fingerprint density at radius 2 is 1.81 bits per heavy atom. The molecule has 2 atom stereocenters. The summed E-state index contributed by atoms with van der Waals surface area (Å²) in [5, 5.41) is 2.60. The zero-order valence-electron chi connectivity index (χ0n) is 16.3. The molecule has 1 heterocycles. The van der Waals surface area contributed by atoms with Crippen molar-refractivity contribution >= 4 is 17.5 Å². The quantitative estimate of drug-likeness (QED) is 0.609. The Labute approximate surface area is 159 Å². The summed E-state index contributed by atoms with van der Waals surface area (Å²) < 4.78 is 26.3. The molecule has 0 unspecified atom stereocenters. The molecule has 2 amide bonds. The molecule has 1 aliphatic rings. The third kappa shape index (κ3) is 6.27. The summed E-state index contributed by atoms with van der Waals surface area (Å²) >= 11 is 0. The predicted octanol–water partition coefficient (Wildman–Crippen LogP) is 2.80. The third-order valence-electron chi connectivity index (χ3n) is 4.92. The van der Waals surface area contributed by atoms with Crippen LogP contribution < -0.4 is 10.2 Å². The Balaban J connectivity index is 1.70. The van der Waals surface area contributed by atoms with Crippen LogP contribution in [0.25, 0.3) is 0 Å². The van der Waals surface area contributed by atoms with E-state index in [4.69, 9.17) is 0 Å². The number of halogens is 2. The summed E-state index contributed by atoms with van der Waals surface area (Å²) in [7, 11) is 1.35. The van der Waals surface area contributed by atoms with E-state index in [0.717, 1.165) is 61.3 Å². The van der Waals surface area contributed by atoms with Gasteiger partial charge in [0.15, 0.2) is 11.6 Å². The van der Waals surface area contributed by atoms with E-state index in [1.807, 2.05) is 0 Å². The lowest BCUT2D eigenvalue weighted by Gasteiger charge is -2.34. The Morgan fingerprint density at radius 3 is 2.44 bits per heavy atom. The number of benzene rings is 1. The van der Waals surface area contributed by atoms with Gasteiger partial charge in [-0.2, -0.15) is 0 Å². The fourth-order valence-electron chi connectivity index (χ4n) is 3.68. The number of nitrogens with zero attached hydrogens (tertiary/aromatic N) is 2. The lowest BCUT2D eigenvalue weighted by molar-refractivity contribution is -0.137. The van der Waals surface area contributed by atoms with Gasteiger partial charge in [-0.3, -0.25) is 9.59 Å². The van der Waals surface area contributed by atoms with E-state index in [1.165, 1.54) is 19.5 Å². The van der Waals surface area contributed by atoms with Crippen LogP contribution in [0.3, 0.4) is 0 Å². The second-order valence-corrected chi connectivity index (χ2v) is 7.63. The average Bonchev–Trinajstić information content (AvgIpc) is 2.61. The van der Waals surface area contributed by atoms with Gasteiger partial charge in [0.05, 0.1) is 0 Å². The fraction of sp³-hybridized carbons (Fsp3) is 0.600. The summed E-state index contributed by atoms with van der Waals surface area (Å²) in [5.74, 6) is -2.17. The molecule has 0 spiro atoms. The van der Waals surface area contributed by atoms with Gasteiger partial charge in [0.1, 0.15) is 0 Å². The normalized spacial score (nSPS) is 20.3. The van der Waals surface area contributed by atoms with Gasteiger partial charge in [0, 0.05) is 38.4 Å². The van der Waals surface area contributed by atoms with Crippen LogP contribution in [-0.4, -0.2) is 49.9 Å². The molecule has 27 heavy (non-hydrogen) atoms. The van der Waals surface area contributed by atoms with Gasteiger partial charge >= 0.3 is 11.8 Å². The molecule has 7 heteroatoms. The molecular formula is C20H29F2N3O2. The number of carbonyl (C=O) groups is 2. The van der Waals surface area contributed by atoms with Gasteiger partial charge in [-0.1, -0.05) is 13.8 Å². The van der Waals surface area contributed by atoms with Crippen molar-refractivity contribution in [2.45, 2.75) is 33.1 Å². The van der Waals surface area contributed by atoms with Crippen molar-refractivity contribution in [3.8, 4) is 0 Å². The second kappa shape index (κ2) is 9.78. The van der Waals surface area contributed by atoms with Gasteiger partial charge in [0.2, 0.25) is 0 Å². The predicted molar refractivity (Wildman–Crippen MR) is 101 cm³/mol. The Hall–Kier alpha value is -2.02. The van der Waals surface area contributed by atoms with E-state index < -0.39 is 23.4 Å². The number of hydrogen-bond donors (Lipinski definition) is 1. The number of anilines is 1. The molecule has 0 aromatic heterocycles. The smallest absolute Gasteiger partial charge is 0.316 e. The van der Waals surface area contributed by atoms with Crippen molar-refractivity contribution in [3.63, 3.8) is 0 Å². The number of likely N-dealkylation sites (tertiary alicyclic amines) is 1. The van der Waals surface area contributed by atoms with Gasteiger partial charge in [-0.05, 0) is 49.8 Å². The van der Waals surface area contributed by atoms with Gasteiger partial charge < -0.3 is 15.1 Å². The highest BCUT2D eigenvalue weighted by molar-refractivity contribution is 6.40. The molecule has 150 valence electrons. The van der Waals surface area contributed by atoms with E-state index >= 15 is 0 Å². The zero-order chi connectivity index (χ0) is 20.0. The van der Waals surface area contributed by atoms with E-state index in [0.29, 0.717) is 6.54 Å². The van der Waals surface area contributed by atoms with Crippen LogP contribution in [0.4, 0.5) is 14.5 Å². The number of piperidine rings is 1. The highest BCUT2D eigenvalue weighted by atomic mass is 19.2. The molecule has 0 radical (unpaired) electrons. The highest BCUT2D eigenvalue weighted by Gasteiger charge is 2.22. The molecule has 1 aromatic rings. The molecule has 1 aromatic carbocycles. The van der Waals surface area contributed by atoms with Gasteiger partial charge in [0.25, 0.3) is 0 Å². The van der Waals surface area contributed by atoms with E-state index in [1.54, 1.807) is 0 Å². The van der Waals surface area contributed by atoms with Crippen LogP contribution >= 0.6 is 0 Å². The maximum atomic E-state index is 13.3. The molecule has 0 saturated carbocycles. The van der Waals surface area contributed by atoms with Crippen molar-refractivity contribution in [1.29, 1.82) is 0 Å². The summed E-state index contributed by atoms with van der Waals surface area (Å²) in [6.07, 6.45) is 3.01. The number of hydrogen-bond acceptors (Lipinski definition) is 3.